The summed E-state index contributed by atoms with van der Waals surface area (Å²) in [4.78, 5) is 13.5. The quantitative estimate of drug-likeness (QED) is 0.526. The molecule has 3 aromatic heterocycles. The normalized spacial score (nSPS) is 12.1. The number of hydrogen-bond acceptors (Lipinski definition) is 4. The van der Waals surface area contributed by atoms with Crippen molar-refractivity contribution in [3.8, 4) is 0 Å². The van der Waals surface area contributed by atoms with Gasteiger partial charge < -0.3 is 15.0 Å². The zero-order valence-electron chi connectivity index (χ0n) is 14.9. The second-order valence-electron chi connectivity index (χ2n) is 6.12. The average molecular weight is 356 g/mol. The van der Waals surface area contributed by atoms with E-state index in [-0.39, 0.29) is 0 Å². The van der Waals surface area contributed by atoms with Crippen LogP contribution in [0, 0.1) is 0 Å². The predicted molar refractivity (Wildman–Crippen MR) is 103 cm³/mol. The van der Waals surface area contributed by atoms with Gasteiger partial charge in [0.25, 0.3) is 0 Å². The van der Waals surface area contributed by atoms with E-state index >= 15 is 0 Å². The summed E-state index contributed by atoms with van der Waals surface area (Å²) in [5.41, 5.74) is 3.19. The summed E-state index contributed by atoms with van der Waals surface area (Å²) in [6.07, 6.45) is 4.92. The number of aromatic nitrogens is 3. The molecule has 0 radical (unpaired) electrons. The van der Waals surface area contributed by atoms with E-state index in [9.17, 15) is 0 Å². The topological polar surface area (TPSA) is 66.6 Å². The van der Waals surface area contributed by atoms with Crippen molar-refractivity contribution in [2.75, 3.05) is 13.6 Å². The molecule has 0 spiro atoms. The third-order valence-electron chi connectivity index (χ3n) is 3.88. The van der Waals surface area contributed by atoms with Crippen LogP contribution in [-0.4, -0.2) is 33.9 Å². The van der Waals surface area contributed by atoms with Crippen molar-refractivity contribution in [3.63, 3.8) is 0 Å². The molecule has 3 rings (SSSR count). The molecule has 0 saturated heterocycles. The van der Waals surface area contributed by atoms with Crippen molar-refractivity contribution in [1.29, 1.82) is 0 Å². The molecule has 25 heavy (non-hydrogen) atoms. The molecule has 0 amide bonds. The van der Waals surface area contributed by atoms with Gasteiger partial charge >= 0.3 is 0 Å². The summed E-state index contributed by atoms with van der Waals surface area (Å²) in [6.45, 7) is 5.78. The first-order valence-corrected chi connectivity index (χ1v) is 9.35. The van der Waals surface area contributed by atoms with Crippen LogP contribution in [0.2, 0.25) is 0 Å². The largest absolute Gasteiger partial charge is 0.356 e. The Morgan fingerprint density at radius 2 is 2.16 bits per heavy atom. The number of guanidine groups is 1. The number of fused-ring (bicyclic) bond motifs is 1. The number of aliphatic imine (C=N–C) groups is 1. The lowest BCUT2D eigenvalue weighted by molar-refractivity contribution is 0.774. The Morgan fingerprint density at radius 1 is 1.28 bits per heavy atom. The Hall–Kier alpha value is -2.41. The van der Waals surface area contributed by atoms with Crippen LogP contribution >= 0.6 is 11.3 Å². The zero-order valence-corrected chi connectivity index (χ0v) is 15.7. The molecule has 0 aliphatic rings. The monoisotopic (exact) mass is 356 g/mol. The second-order valence-corrected chi connectivity index (χ2v) is 7.06. The highest BCUT2D eigenvalue weighted by atomic mass is 32.1. The van der Waals surface area contributed by atoms with E-state index < -0.39 is 0 Å². The fraction of sp³-hybridized carbons (Fsp3) is 0.389. The minimum Gasteiger partial charge on any atom is -0.356 e. The van der Waals surface area contributed by atoms with Crippen LogP contribution in [0.4, 0.5) is 0 Å². The fourth-order valence-corrected chi connectivity index (χ4v) is 3.36. The van der Waals surface area contributed by atoms with Crippen molar-refractivity contribution in [3.05, 3.63) is 52.4 Å². The van der Waals surface area contributed by atoms with Crippen LogP contribution in [0.3, 0.4) is 0 Å². The second kappa shape index (κ2) is 8.11. The van der Waals surface area contributed by atoms with Gasteiger partial charge in [0.1, 0.15) is 10.7 Å². The van der Waals surface area contributed by atoms with E-state index in [1.54, 1.807) is 18.4 Å². The molecule has 0 fully saturated rings. The van der Waals surface area contributed by atoms with E-state index in [4.69, 9.17) is 0 Å². The number of thiazole rings is 1. The molecular weight excluding hydrogens is 332 g/mol. The van der Waals surface area contributed by atoms with Gasteiger partial charge in [-0.05, 0) is 18.1 Å². The highest BCUT2D eigenvalue weighted by Gasteiger charge is 2.07. The molecule has 2 N–H and O–H groups in total. The summed E-state index contributed by atoms with van der Waals surface area (Å²) in [6, 6.07) is 6.02. The summed E-state index contributed by atoms with van der Waals surface area (Å²) >= 11 is 1.68. The van der Waals surface area contributed by atoms with E-state index in [0.717, 1.165) is 41.0 Å². The molecular formula is C18H24N6S. The van der Waals surface area contributed by atoms with Crippen LogP contribution < -0.4 is 10.6 Å². The molecule has 7 heteroatoms. The summed E-state index contributed by atoms with van der Waals surface area (Å²) in [7, 11) is 1.78. The van der Waals surface area contributed by atoms with E-state index in [2.05, 4.69) is 51.0 Å². The van der Waals surface area contributed by atoms with E-state index in [0.29, 0.717) is 12.5 Å². The van der Waals surface area contributed by atoms with Gasteiger partial charge in [0.15, 0.2) is 5.96 Å². The highest BCUT2D eigenvalue weighted by molar-refractivity contribution is 7.09. The Balaban J connectivity index is 1.47. The predicted octanol–water partition coefficient (Wildman–Crippen LogP) is 2.82. The molecule has 0 atom stereocenters. The van der Waals surface area contributed by atoms with Crippen LogP contribution in [0.5, 0.6) is 0 Å². The molecule has 3 heterocycles. The molecule has 6 nitrogen and oxygen atoms in total. The smallest absolute Gasteiger partial charge is 0.191 e. The molecule has 3 aromatic rings. The number of nitrogens with one attached hydrogen (secondary N) is 2. The Bertz CT molecular complexity index is 815. The van der Waals surface area contributed by atoms with E-state index in [1.165, 1.54) is 0 Å². The SMILES string of the molecule is CN=C(NCCc1cn2ccccc2n1)NCc1nc(C(C)C)cs1. The van der Waals surface area contributed by atoms with Crippen molar-refractivity contribution in [2.24, 2.45) is 4.99 Å². The van der Waals surface area contributed by atoms with Crippen LogP contribution in [0.1, 0.15) is 36.2 Å². The number of imidazole rings is 1. The lowest BCUT2D eigenvalue weighted by Gasteiger charge is -2.10. The first kappa shape index (κ1) is 17.4. The van der Waals surface area contributed by atoms with E-state index in [1.807, 2.05) is 28.8 Å². The molecule has 0 aliphatic heterocycles. The van der Waals surface area contributed by atoms with Gasteiger partial charge in [-0.2, -0.15) is 0 Å². The minimum atomic E-state index is 0.466. The molecule has 0 saturated carbocycles. The zero-order chi connectivity index (χ0) is 17.6. The van der Waals surface area contributed by atoms with Gasteiger partial charge in [0, 0.05) is 37.8 Å². The standard InChI is InChI=1S/C18H24N6S/c1-13(2)15-12-25-17(23-15)10-21-18(19-3)20-8-7-14-11-24-9-5-4-6-16(24)22-14/h4-6,9,11-13H,7-8,10H2,1-3H3,(H2,19,20,21). The highest BCUT2D eigenvalue weighted by Crippen LogP contribution is 2.17. The first-order valence-electron chi connectivity index (χ1n) is 8.47. The summed E-state index contributed by atoms with van der Waals surface area (Å²) in [5, 5.41) is 9.84. The molecule has 0 unspecified atom stereocenters. The number of hydrogen-bond donors (Lipinski definition) is 2. The lowest BCUT2D eigenvalue weighted by atomic mass is 10.2. The summed E-state index contributed by atoms with van der Waals surface area (Å²) in [5.74, 6) is 1.25. The summed E-state index contributed by atoms with van der Waals surface area (Å²) < 4.78 is 2.04. The molecule has 0 aromatic carbocycles. The number of rotatable bonds is 6. The maximum Gasteiger partial charge on any atom is 0.191 e. The maximum atomic E-state index is 4.63. The van der Waals surface area contributed by atoms with Gasteiger partial charge in [-0.1, -0.05) is 19.9 Å². The molecule has 132 valence electrons. The van der Waals surface area contributed by atoms with Gasteiger partial charge in [-0.15, -0.1) is 11.3 Å². The van der Waals surface area contributed by atoms with Gasteiger partial charge in [0.05, 0.1) is 17.9 Å². The Labute approximate surface area is 152 Å². The van der Waals surface area contributed by atoms with Gasteiger partial charge in [-0.3, -0.25) is 4.99 Å². The average Bonchev–Trinajstić information content (AvgIpc) is 3.24. The minimum absolute atomic E-state index is 0.466. The maximum absolute atomic E-state index is 4.63. The van der Waals surface area contributed by atoms with Crippen LogP contribution in [0.15, 0.2) is 41.0 Å². The number of pyridine rings is 1. The van der Waals surface area contributed by atoms with Crippen LogP contribution in [-0.2, 0) is 13.0 Å². The fourth-order valence-electron chi connectivity index (χ4n) is 2.47. The Morgan fingerprint density at radius 3 is 2.88 bits per heavy atom. The van der Waals surface area contributed by atoms with Crippen molar-refractivity contribution < 1.29 is 0 Å². The van der Waals surface area contributed by atoms with Gasteiger partial charge in [-0.25, -0.2) is 9.97 Å². The van der Waals surface area contributed by atoms with Crippen LogP contribution in [0.25, 0.3) is 5.65 Å². The Kier molecular flexibility index (Phi) is 5.65. The first-order chi connectivity index (χ1) is 12.2. The lowest BCUT2D eigenvalue weighted by Crippen LogP contribution is -2.37. The molecule has 0 bridgehead atoms. The van der Waals surface area contributed by atoms with Crippen molar-refractivity contribution >= 4 is 22.9 Å². The third-order valence-corrected chi connectivity index (χ3v) is 4.75. The van der Waals surface area contributed by atoms with Crippen molar-refractivity contribution in [1.82, 2.24) is 25.0 Å². The number of nitrogens with zero attached hydrogens (tertiary/aromatic N) is 4. The van der Waals surface area contributed by atoms with Crippen molar-refractivity contribution in [2.45, 2.75) is 32.7 Å². The molecule has 0 aliphatic carbocycles. The third kappa shape index (κ3) is 4.57. The van der Waals surface area contributed by atoms with Gasteiger partial charge in [0.2, 0.25) is 0 Å².